The molecular formula is C15H21N3O6. The number of methoxy groups -OCH3 is 1. The first-order valence-corrected chi connectivity index (χ1v) is 7.43. The van der Waals surface area contributed by atoms with Gasteiger partial charge in [0.1, 0.15) is 11.4 Å². The lowest BCUT2D eigenvalue weighted by atomic mass is 10.2. The smallest absolute Gasteiger partial charge is 0.317 e. The van der Waals surface area contributed by atoms with Gasteiger partial charge in [0.25, 0.3) is 5.69 Å². The molecule has 9 heteroatoms. The largest absolute Gasteiger partial charge is 0.496 e. The maximum atomic E-state index is 12.0. The molecule has 0 atom stereocenters. The van der Waals surface area contributed by atoms with Crippen LogP contribution >= 0.6 is 0 Å². The Morgan fingerprint density at radius 1 is 1.38 bits per heavy atom. The Morgan fingerprint density at radius 2 is 2.08 bits per heavy atom. The van der Waals surface area contributed by atoms with Crippen LogP contribution < -0.4 is 10.1 Å². The molecule has 0 aliphatic rings. The summed E-state index contributed by atoms with van der Waals surface area (Å²) in [5.74, 6) is -1.07. The van der Waals surface area contributed by atoms with Gasteiger partial charge in [0.15, 0.2) is 0 Å². The number of anilines is 1. The number of nitrogens with zero attached hydrogens (tertiary/aromatic N) is 2. The van der Waals surface area contributed by atoms with Gasteiger partial charge in [-0.2, -0.15) is 0 Å². The van der Waals surface area contributed by atoms with Crippen molar-refractivity contribution in [3.05, 3.63) is 28.3 Å². The Balaban J connectivity index is 2.70. The molecule has 0 unspecified atom stereocenters. The molecule has 2 N–H and O–H groups in total. The third kappa shape index (κ3) is 6.21. The number of rotatable bonds is 10. The van der Waals surface area contributed by atoms with E-state index in [0.29, 0.717) is 12.3 Å². The van der Waals surface area contributed by atoms with Gasteiger partial charge in [-0.1, -0.05) is 6.92 Å². The van der Waals surface area contributed by atoms with Gasteiger partial charge >= 0.3 is 5.97 Å². The fraction of sp³-hybridized carbons (Fsp3) is 0.467. The molecule has 0 aliphatic heterocycles. The van der Waals surface area contributed by atoms with Crippen molar-refractivity contribution in [3.63, 3.8) is 0 Å². The minimum Gasteiger partial charge on any atom is -0.496 e. The molecule has 0 bridgehead atoms. The normalized spacial score (nSPS) is 10.5. The standard InChI is InChI=1S/C15H21N3O6/c1-3-7-17(10-15(20)21)8-6-14(19)16-12-5-4-11(24-2)9-13(12)18(22)23/h4-5,9H,3,6-8,10H2,1-2H3,(H,16,19)(H,20,21). The summed E-state index contributed by atoms with van der Waals surface area (Å²) in [5, 5.41) is 22.4. The summed E-state index contributed by atoms with van der Waals surface area (Å²) in [6.45, 7) is 2.58. The maximum Gasteiger partial charge on any atom is 0.317 e. The van der Waals surface area contributed by atoms with E-state index >= 15 is 0 Å². The van der Waals surface area contributed by atoms with Crippen LogP contribution in [0.1, 0.15) is 19.8 Å². The summed E-state index contributed by atoms with van der Waals surface area (Å²) in [4.78, 5) is 34.9. The number of aliphatic carboxylic acids is 1. The molecule has 0 aromatic heterocycles. The van der Waals surface area contributed by atoms with Gasteiger partial charge in [0.05, 0.1) is 24.6 Å². The topological polar surface area (TPSA) is 122 Å². The Kier molecular flexibility index (Phi) is 7.63. The maximum absolute atomic E-state index is 12.0. The van der Waals surface area contributed by atoms with Crippen molar-refractivity contribution in [3.8, 4) is 5.75 Å². The van der Waals surface area contributed by atoms with Crippen LogP contribution in [0, 0.1) is 10.1 Å². The van der Waals surface area contributed by atoms with Crippen molar-refractivity contribution in [1.29, 1.82) is 0 Å². The molecule has 0 saturated heterocycles. The van der Waals surface area contributed by atoms with E-state index in [1.807, 2.05) is 6.92 Å². The van der Waals surface area contributed by atoms with Crippen LogP contribution in [-0.4, -0.2) is 53.6 Å². The van der Waals surface area contributed by atoms with Gasteiger partial charge in [-0.05, 0) is 25.1 Å². The van der Waals surface area contributed by atoms with Crippen molar-refractivity contribution < 1.29 is 24.4 Å². The molecule has 1 amide bonds. The number of nitro benzene ring substituents is 1. The predicted octanol–water partition coefficient (Wildman–Crippen LogP) is 1.73. The van der Waals surface area contributed by atoms with E-state index in [1.165, 1.54) is 25.3 Å². The second-order valence-electron chi connectivity index (χ2n) is 5.11. The van der Waals surface area contributed by atoms with Crippen LogP contribution in [-0.2, 0) is 9.59 Å². The average molecular weight is 339 g/mol. The number of carboxylic acids is 1. The zero-order valence-electron chi connectivity index (χ0n) is 13.7. The quantitative estimate of drug-likeness (QED) is 0.491. The molecular weight excluding hydrogens is 318 g/mol. The first-order valence-electron chi connectivity index (χ1n) is 7.43. The van der Waals surface area contributed by atoms with E-state index in [1.54, 1.807) is 4.90 Å². The summed E-state index contributed by atoms with van der Waals surface area (Å²) >= 11 is 0. The second-order valence-corrected chi connectivity index (χ2v) is 5.11. The first kappa shape index (κ1) is 19.4. The number of carbonyl (C=O) groups excluding carboxylic acids is 1. The van der Waals surface area contributed by atoms with E-state index in [2.05, 4.69) is 5.32 Å². The molecule has 1 aromatic carbocycles. The highest BCUT2D eigenvalue weighted by molar-refractivity contribution is 5.93. The Bertz CT molecular complexity index is 605. The van der Waals surface area contributed by atoms with E-state index in [9.17, 15) is 19.7 Å². The Morgan fingerprint density at radius 3 is 2.62 bits per heavy atom. The molecule has 9 nitrogen and oxygen atoms in total. The highest BCUT2D eigenvalue weighted by Crippen LogP contribution is 2.28. The number of nitro groups is 1. The average Bonchev–Trinajstić information content (AvgIpc) is 2.52. The zero-order valence-corrected chi connectivity index (χ0v) is 13.7. The fourth-order valence-corrected chi connectivity index (χ4v) is 2.14. The minimum absolute atomic E-state index is 0.0382. The number of ether oxygens (including phenoxy) is 1. The van der Waals surface area contributed by atoms with E-state index < -0.39 is 16.8 Å². The molecule has 0 spiro atoms. The van der Waals surface area contributed by atoms with Crippen LogP contribution in [0.25, 0.3) is 0 Å². The SMILES string of the molecule is CCCN(CCC(=O)Nc1ccc(OC)cc1[N+](=O)[O-])CC(=O)O. The lowest BCUT2D eigenvalue weighted by molar-refractivity contribution is -0.384. The summed E-state index contributed by atoms with van der Waals surface area (Å²) < 4.78 is 4.93. The van der Waals surface area contributed by atoms with E-state index in [0.717, 1.165) is 6.42 Å². The number of hydrogen-bond donors (Lipinski definition) is 2. The molecule has 0 heterocycles. The van der Waals surface area contributed by atoms with Gasteiger partial charge in [-0.15, -0.1) is 0 Å². The van der Waals surface area contributed by atoms with Crippen LogP contribution in [0.5, 0.6) is 5.75 Å². The van der Waals surface area contributed by atoms with Crippen LogP contribution in [0.3, 0.4) is 0 Å². The van der Waals surface area contributed by atoms with Crippen LogP contribution in [0.4, 0.5) is 11.4 Å². The van der Waals surface area contributed by atoms with Crippen molar-refractivity contribution in [2.24, 2.45) is 0 Å². The van der Waals surface area contributed by atoms with Crippen molar-refractivity contribution in [2.75, 3.05) is 32.1 Å². The lowest BCUT2D eigenvalue weighted by Gasteiger charge is -2.18. The fourth-order valence-electron chi connectivity index (χ4n) is 2.14. The summed E-state index contributed by atoms with van der Waals surface area (Å²) in [6.07, 6.45) is 0.801. The molecule has 132 valence electrons. The molecule has 0 fully saturated rings. The number of nitrogens with one attached hydrogen (secondary N) is 1. The molecule has 1 rings (SSSR count). The van der Waals surface area contributed by atoms with Gasteiger partial charge < -0.3 is 15.2 Å². The van der Waals surface area contributed by atoms with Gasteiger partial charge in [-0.3, -0.25) is 24.6 Å². The molecule has 0 radical (unpaired) electrons. The Labute approximate surface area is 139 Å². The monoisotopic (exact) mass is 339 g/mol. The second kappa shape index (κ2) is 9.46. The number of benzene rings is 1. The highest BCUT2D eigenvalue weighted by Gasteiger charge is 2.18. The van der Waals surface area contributed by atoms with Crippen LogP contribution in [0.15, 0.2) is 18.2 Å². The van der Waals surface area contributed by atoms with Gasteiger partial charge in [0.2, 0.25) is 5.91 Å². The molecule has 0 aliphatic carbocycles. The van der Waals surface area contributed by atoms with Crippen LogP contribution in [0.2, 0.25) is 0 Å². The van der Waals surface area contributed by atoms with Crippen molar-refractivity contribution in [2.45, 2.75) is 19.8 Å². The molecule has 24 heavy (non-hydrogen) atoms. The highest BCUT2D eigenvalue weighted by atomic mass is 16.6. The number of hydrogen-bond acceptors (Lipinski definition) is 6. The summed E-state index contributed by atoms with van der Waals surface area (Å²) in [7, 11) is 1.39. The van der Waals surface area contributed by atoms with E-state index in [4.69, 9.17) is 9.84 Å². The van der Waals surface area contributed by atoms with Crippen molar-refractivity contribution in [1.82, 2.24) is 4.90 Å². The minimum atomic E-state index is -0.963. The third-order valence-electron chi connectivity index (χ3n) is 3.23. The van der Waals surface area contributed by atoms with Crippen molar-refractivity contribution >= 4 is 23.3 Å². The number of carbonyl (C=O) groups is 2. The lowest BCUT2D eigenvalue weighted by Crippen LogP contribution is -2.33. The number of amides is 1. The van der Waals surface area contributed by atoms with E-state index in [-0.39, 0.29) is 30.9 Å². The summed E-state index contributed by atoms with van der Waals surface area (Å²) in [5.41, 5.74) is -0.190. The van der Waals surface area contributed by atoms with Gasteiger partial charge in [0, 0.05) is 13.0 Å². The van der Waals surface area contributed by atoms with Gasteiger partial charge in [-0.25, -0.2) is 0 Å². The zero-order chi connectivity index (χ0) is 18.1. The third-order valence-corrected chi connectivity index (χ3v) is 3.23. The predicted molar refractivity (Wildman–Crippen MR) is 87.3 cm³/mol. The molecule has 1 aromatic rings. The summed E-state index contributed by atoms with van der Waals surface area (Å²) in [6, 6.07) is 4.13. The molecule has 0 saturated carbocycles. The first-order chi connectivity index (χ1) is 11.4. The number of carboxylic acid groups (broad SMARTS) is 1. The Hall–Kier alpha value is -2.68.